The molecule has 3 heterocycles. The van der Waals surface area contributed by atoms with E-state index in [0.29, 0.717) is 5.69 Å². The number of piperidine rings is 1. The van der Waals surface area contributed by atoms with Gasteiger partial charge in [-0.3, -0.25) is 9.20 Å². The monoisotopic (exact) mass is 472 g/mol. The van der Waals surface area contributed by atoms with E-state index < -0.39 is 0 Å². The lowest BCUT2D eigenvalue weighted by Crippen LogP contribution is -2.32. The Morgan fingerprint density at radius 2 is 1.56 bits per heavy atom. The van der Waals surface area contributed by atoms with E-state index in [2.05, 4.69) is 63.3 Å². The topological polar surface area (TPSA) is 42.5 Å². The molecule has 7 heteroatoms. The number of aromatic nitrogens is 3. The first-order valence-electron chi connectivity index (χ1n) is 10.9. The van der Waals surface area contributed by atoms with Crippen LogP contribution in [-0.4, -0.2) is 44.3 Å². The fraction of sp³-hybridized carbons (Fsp3) is 0.360. The van der Waals surface area contributed by atoms with Crippen LogP contribution >= 0.6 is 24.8 Å². The fourth-order valence-electron chi connectivity index (χ4n) is 4.69. The summed E-state index contributed by atoms with van der Waals surface area (Å²) in [4.78, 5) is 20.3. The van der Waals surface area contributed by atoms with Crippen molar-refractivity contribution in [2.45, 2.75) is 39.7 Å². The van der Waals surface area contributed by atoms with E-state index in [-0.39, 0.29) is 30.6 Å². The highest BCUT2D eigenvalue weighted by Crippen LogP contribution is 2.30. The molecule has 0 spiro atoms. The summed E-state index contributed by atoms with van der Waals surface area (Å²) in [5.41, 5.74) is 5.80. The zero-order valence-electron chi connectivity index (χ0n) is 18.6. The molecule has 0 aliphatic carbocycles. The minimum atomic E-state index is 0. The van der Waals surface area contributed by atoms with E-state index in [4.69, 9.17) is 4.98 Å². The second-order valence-electron chi connectivity index (χ2n) is 8.41. The molecule has 1 aliphatic rings. The summed E-state index contributed by atoms with van der Waals surface area (Å²) >= 11 is 0. The second-order valence-corrected chi connectivity index (χ2v) is 8.41. The van der Waals surface area contributed by atoms with Gasteiger partial charge in [-0.2, -0.15) is 0 Å². The van der Waals surface area contributed by atoms with E-state index in [1.54, 1.807) is 6.92 Å². The van der Waals surface area contributed by atoms with Gasteiger partial charge >= 0.3 is 0 Å². The van der Waals surface area contributed by atoms with Gasteiger partial charge in [0.25, 0.3) is 0 Å². The van der Waals surface area contributed by atoms with Crippen LogP contribution in [0.1, 0.15) is 42.2 Å². The third kappa shape index (κ3) is 4.29. The van der Waals surface area contributed by atoms with Crippen molar-refractivity contribution in [3.8, 4) is 11.3 Å². The Kier molecular flexibility index (Phi) is 7.65. The number of ketones is 1. The number of imidazole rings is 2. The van der Waals surface area contributed by atoms with E-state index in [9.17, 15) is 4.79 Å². The average Bonchev–Trinajstić information content (AvgIpc) is 3.29. The molecule has 170 valence electrons. The molecule has 5 rings (SSSR count). The van der Waals surface area contributed by atoms with Crippen LogP contribution in [0.4, 0.5) is 0 Å². The quantitative estimate of drug-likeness (QED) is 0.344. The SMILES string of the molecule is CC(=O)c1c(-c2ccc(C)cc2)nc2n(CCN3CCCCC3)c3ccccc3n12.Cl.Cl. The Labute approximate surface area is 201 Å². The second kappa shape index (κ2) is 10.1. The normalized spacial score (nSPS) is 14.3. The summed E-state index contributed by atoms with van der Waals surface area (Å²) in [6.45, 7) is 7.95. The molecule has 0 bridgehead atoms. The zero-order valence-corrected chi connectivity index (χ0v) is 20.2. The van der Waals surface area contributed by atoms with Gasteiger partial charge in [0, 0.05) is 25.6 Å². The van der Waals surface area contributed by atoms with Gasteiger partial charge in [0.2, 0.25) is 5.78 Å². The Morgan fingerprint density at radius 1 is 0.906 bits per heavy atom. The van der Waals surface area contributed by atoms with E-state index >= 15 is 0 Å². The predicted octanol–water partition coefficient (Wildman–Crippen LogP) is 5.80. The molecule has 0 unspecified atom stereocenters. The molecule has 2 aromatic heterocycles. The first-order chi connectivity index (χ1) is 14.6. The largest absolute Gasteiger partial charge is 0.308 e. The van der Waals surface area contributed by atoms with Crippen LogP contribution in [0.2, 0.25) is 0 Å². The maximum absolute atomic E-state index is 12.8. The first kappa shape index (κ1) is 24.3. The van der Waals surface area contributed by atoms with Crippen LogP contribution in [0.25, 0.3) is 28.1 Å². The highest BCUT2D eigenvalue weighted by molar-refractivity contribution is 6.01. The molecule has 0 N–H and O–H groups in total. The average molecular weight is 473 g/mol. The zero-order chi connectivity index (χ0) is 20.7. The van der Waals surface area contributed by atoms with Crippen LogP contribution in [0.3, 0.4) is 0 Å². The number of carbonyl (C=O) groups is 1. The van der Waals surface area contributed by atoms with Crippen molar-refractivity contribution in [1.29, 1.82) is 0 Å². The van der Waals surface area contributed by atoms with Crippen LogP contribution < -0.4 is 0 Å². The summed E-state index contributed by atoms with van der Waals surface area (Å²) in [7, 11) is 0. The molecule has 0 saturated carbocycles. The van der Waals surface area contributed by atoms with Gasteiger partial charge in [-0.15, -0.1) is 24.8 Å². The fourth-order valence-corrected chi connectivity index (χ4v) is 4.69. The van der Waals surface area contributed by atoms with Gasteiger partial charge < -0.3 is 9.47 Å². The van der Waals surface area contributed by atoms with Gasteiger partial charge in [-0.05, 0) is 45.0 Å². The third-order valence-corrected chi connectivity index (χ3v) is 6.26. The number of nitrogens with zero attached hydrogens (tertiary/aromatic N) is 4. The molecule has 5 nitrogen and oxygen atoms in total. The summed E-state index contributed by atoms with van der Waals surface area (Å²) in [5, 5.41) is 0. The van der Waals surface area contributed by atoms with E-state index in [0.717, 1.165) is 41.2 Å². The Morgan fingerprint density at radius 3 is 2.22 bits per heavy atom. The molecule has 0 atom stereocenters. The van der Waals surface area contributed by atoms with Crippen LogP contribution in [0, 0.1) is 6.92 Å². The molecule has 1 aliphatic heterocycles. The smallest absolute Gasteiger partial charge is 0.216 e. The van der Waals surface area contributed by atoms with Crippen molar-refractivity contribution < 1.29 is 4.79 Å². The van der Waals surface area contributed by atoms with Gasteiger partial charge in [-0.25, -0.2) is 4.98 Å². The molecular weight excluding hydrogens is 443 g/mol. The highest BCUT2D eigenvalue weighted by Gasteiger charge is 2.23. The van der Waals surface area contributed by atoms with Crippen LogP contribution in [0.15, 0.2) is 48.5 Å². The number of likely N-dealkylation sites (tertiary alicyclic amines) is 1. The third-order valence-electron chi connectivity index (χ3n) is 6.26. The molecule has 0 radical (unpaired) electrons. The lowest BCUT2D eigenvalue weighted by molar-refractivity contribution is 0.101. The van der Waals surface area contributed by atoms with E-state index in [1.165, 1.54) is 37.9 Å². The molecule has 1 fully saturated rings. The lowest BCUT2D eigenvalue weighted by Gasteiger charge is -2.26. The Bertz CT molecular complexity index is 1220. The molecule has 32 heavy (non-hydrogen) atoms. The predicted molar refractivity (Wildman–Crippen MR) is 136 cm³/mol. The minimum absolute atomic E-state index is 0. The van der Waals surface area contributed by atoms with Crippen molar-refractivity contribution in [1.82, 2.24) is 18.9 Å². The molecule has 4 aromatic rings. The number of benzene rings is 2. The number of halogens is 2. The van der Waals surface area contributed by atoms with Crippen molar-refractivity contribution in [3.63, 3.8) is 0 Å². The standard InChI is InChI=1S/C25H28N4O.2ClH/c1-18-10-12-20(13-11-18)23-24(19(2)30)29-22-9-5-4-8-21(22)28(25(29)26-23)17-16-27-14-6-3-7-15-27;;/h4-5,8-13H,3,6-7,14-17H2,1-2H3;2*1H. The van der Waals surface area contributed by atoms with Crippen molar-refractivity contribution in [3.05, 3.63) is 59.8 Å². The Balaban J connectivity index is 0.00000144. The van der Waals surface area contributed by atoms with Gasteiger partial charge in [0.15, 0.2) is 5.78 Å². The van der Waals surface area contributed by atoms with Gasteiger partial charge in [0.05, 0.1) is 11.0 Å². The first-order valence-corrected chi connectivity index (χ1v) is 10.9. The number of para-hydroxylation sites is 2. The summed E-state index contributed by atoms with van der Waals surface area (Å²) in [5.74, 6) is 0.894. The summed E-state index contributed by atoms with van der Waals surface area (Å²) < 4.78 is 4.34. The van der Waals surface area contributed by atoms with E-state index in [1.807, 2.05) is 6.07 Å². The molecule has 1 saturated heterocycles. The highest BCUT2D eigenvalue weighted by atomic mass is 35.5. The van der Waals surface area contributed by atoms with Gasteiger partial charge in [0.1, 0.15) is 11.4 Å². The number of hydrogen-bond donors (Lipinski definition) is 0. The van der Waals surface area contributed by atoms with Crippen molar-refractivity contribution in [2.24, 2.45) is 0 Å². The van der Waals surface area contributed by atoms with Crippen LogP contribution in [-0.2, 0) is 6.54 Å². The summed E-state index contributed by atoms with van der Waals surface area (Å²) in [6.07, 6.45) is 3.92. The molecule has 0 amide bonds. The number of Topliss-reactive ketones (excluding diaryl/α,β-unsaturated/α-hetero) is 1. The molecule has 2 aromatic carbocycles. The maximum Gasteiger partial charge on any atom is 0.216 e. The number of aryl methyl sites for hydroxylation is 1. The molecular formula is C25H30Cl2N4O. The van der Waals surface area contributed by atoms with Gasteiger partial charge in [-0.1, -0.05) is 48.4 Å². The number of carbonyl (C=O) groups excluding carboxylic acids is 1. The Hall–Kier alpha value is -2.34. The minimum Gasteiger partial charge on any atom is -0.308 e. The number of rotatable bonds is 5. The summed E-state index contributed by atoms with van der Waals surface area (Å²) in [6, 6.07) is 16.6. The number of fused-ring (bicyclic) bond motifs is 3. The number of hydrogen-bond acceptors (Lipinski definition) is 3. The van der Waals surface area contributed by atoms with Crippen molar-refractivity contribution in [2.75, 3.05) is 19.6 Å². The van der Waals surface area contributed by atoms with Crippen molar-refractivity contribution >= 4 is 47.4 Å². The van der Waals surface area contributed by atoms with Crippen LogP contribution in [0.5, 0.6) is 0 Å². The lowest BCUT2D eigenvalue weighted by atomic mass is 10.1. The maximum atomic E-state index is 12.8.